The van der Waals surface area contributed by atoms with Gasteiger partial charge in [0.1, 0.15) is 11.6 Å². The molecule has 5 rings (SSSR count). The zero-order valence-electron chi connectivity index (χ0n) is 26.5. The van der Waals surface area contributed by atoms with E-state index in [9.17, 15) is 23.1 Å². The van der Waals surface area contributed by atoms with E-state index < -0.39 is 27.7 Å². The van der Waals surface area contributed by atoms with Crippen LogP contribution in [0.3, 0.4) is 0 Å². The predicted octanol–water partition coefficient (Wildman–Crippen LogP) is 2.80. The molecule has 1 aliphatic carbocycles. The SMILES string of the molecule is CCCCN1C(=O)C(C(O)C2CCCCC2)NC(=O)C12CCN(Cc1c(C)nn(-c3ccc(S(=O)(=O)NC)cc3)c1C)CC2. The van der Waals surface area contributed by atoms with E-state index in [1.807, 2.05) is 23.4 Å². The number of aromatic nitrogens is 2. The van der Waals surface area contributed by atoms with E-state index in [2.05, 4.69) is 21.9 Å². The molecular weight excluding hydrogens is 580 g/mol. The maximum atomic E-state index is 13.9. The quantitative estimate of drug-likeness (QED) is 0.368. The van der Waals surface area contributed by atoms with Gasteiger partial charge in [0.15, 0.2) is 0 Å². The van der Waals surface area contributed by atoms with E-state index in [0.717, 1.165) is 67.6 Å². The molecule has 2 amide bonds. The summed E-state index contributed by atoms with van der Waals surface area (Å²) in [6.45, 7) is 8.56. The molecule has 2 atom stereocenters. The summed E-state index contributed by atoms with van der Waals surface area (Å²) >= 11 is 0. The molecule has 0 radical (unpaired) electrons. The van der Waals surface area contributed by atoms with Crippen molar-refractivity contribution in [1.82, 2.24) is 29.6 Å². The van der Waals surface area contributed by atoms with Crippen molar-refractivity contribution >= 4 is 21.8 Å². The number of carbonyl (C=O) groups is 2. The Hall–Kier alpha value is -2.80. The highest BCUT2D eigenvalue weighted by Crippen LogP contribution is 2.37. The third-order valence-electron chi connectivity index (χ3n) is 10.1. The number of hydrogen-bond donors (Lipinski definition) is 3. The summed E-state index contributed by atoms with van der Waals surface area (Å²) in [5.74, 6) is -0.212. The molecule has 3 N–H and O–H groups in total. The second kappa shape index (κ2) is 13.3. The van der Waals surface area contributed by atoms with Crippen molar-refractivity contribution in [2.24, 2.45) is 5.92 Å². The van der Waals surface area contributed by atoms with E-state index >= 15 is 0 Å². The van der Waals surface area contributed by atoms with Crippen LogP contribution in [-0.4, -0.2) is 89.3 Å². The van der Waals surface area contributed by atoms with Crippen LogP contribution in [0.25, 0.3) is 5.69 Å². The highest BCUT2D eigenvalue weighted by atomic mass is 32.2. The lowest BCUT2D eigenvalue weighted by atomic mass is 9.78. The molecule has 12 heteroatoms. The van der Waals surface area contributed by atoms with Gasteiger partial charge in [0, 0.05) is 37.4 Å². The number of nitrogens with zero attached hydrogens (tertiary/aromatic N) is 4. The van der Waals surface area contributed by atoms with Gasteiger partial charge in [0.05, 0.1) is 22.4 Å². The fourth-order valence-corrected chi connectivity index (χ4v) is 8.03. The van der Waals surface area contributed by atoms with Crippen LogP contribution in [0, 0.1) is 19.8 Å². The fraction of sp³-hybridized carbons (Fsp3) is 0.656. The van der Waals surface area contributed by atoms with Crippen LogP contribution >= 0.6 is 0 Å². The zero-order valence-corrected chi connectivity index (χ0v) is 27.3. The molecule has 2 saturated heterocycles. The Morgan fingerprint density at radius 2 is 1.75 bits per heavy atom. The van der Waals surface area contributed by atoms with Gasteiger partial charge in [-0.25, -0.2) is 17.8 Å². The van der Waals surface area contributed by atoms with Gasteiger partial charge in [-0.3, -0.25) is 14.5 Å². The number of piperidine rings is 1. The molecule has 1 aromatic heterocycles. The number of rotatable bonds is 10. The first kappa shape index (κ1) is 32.6. The molecule has 1 aromatic carbocycles. The van der Waals surface area contributed by atoms with Gasteiger partial charge < -0.3 is 15.3 Å². The van der Waals surface area contributed by atoms with Gasteiger partial charge in [-0.2, -0.15) is 5.10 Å². The second-order valence-corrected chi connectivity index (χ2v) is 14.6. The summed E-state index contributed by atoms with van der Waals surface area (Å²) < 4.78 is 28.4. The summed E-state index contributed by atoms with van der Waals surface area (Å²) in [5, 5.41) is 19.0. The predicted molar refractivity (Wildman–Crippen MR) is 168 cm³/mol. The van der Waals surface area contributed by atoms with Crippen LogP contribution in [0.5, 0.6) is 0 Å². The Kier molecular flexibility index (Phi) is 9.84. The van der Waals surface area contributed by atoms with Crippen molar-refractivity contribution in [3.63, 3.8) is 0 Å². The number of sulfonamides is 1. The smallest absolute Gasteiger partial charge is 0.248 e. The molecule has 44 heavy (non-hydrogen) atoms. The number of aryl methyl sites for hydroxylation is 1. The Labute approximate surface area is 261 Å². The van der Waals surface area contributed by atoms with E-state index in [1.165, 1.54) is 7.05 Å². The van der Waals surface area contributed by atoms with E-state index in [0.29, 0.717) is 39.0 Å². The number of piperazine rings is 1. The van der Waals surface area contributed by atoms with Crippen LogP contribution in [-0.2, 0) is 26.2 Å². The molecule has 0 bridgehead atoms. The third kappa shape index (κ3) is 6.18. The normalized spacial score (nSPS) is 22.4. The number of aliphatic hydroxyl groups excluding tert-OH is 1. The fourth-order valence-electron chi connectivity index (χ4n) is 7.30. The van der Waals surface area contributed by atoms with Crippen LogP contribution < -0.4 is 10.0 Å². The Morgan fingerprint density at radius 3 is 2.36 bits per heavy atom. The monoisotopic (exact) mass is 628 g/mol. The van der Waals surface area contributed by atoms with Crippen molar-refractivity contribution in [3.05, 3.63) is 41.2 Å². The second-order valence-electron chi connectivity index (χ2n) is 12.8. The van der Waals surface area contributed by atoms with Crippen molar-refractivity contribution in [3.8, 4) is 5.69 Å². The number of nitrogens with one attached hydrogen (secondary N) is 2. The van der Waals surface area contributed by atoms with Crippen molar-refractivity contribution in [2.45, 2.75) is 108 Å². The van der Waals surface area contributed by atoms with E-state index in [4.69, 9.17) is 5.10 Å². The molecule has 3 aliphatic rings. The van der Waals surface area contributed by atoms with Crippen LogP contribution in [0.2, 0.25) is 0 Å². The number of aliphatic hydroxyl groups is 1. The Bertz CT molecular complexity index is 1440. The zero-order chi connectivity index (χ0) is 31.6. The molecule has 1 spiro atoms. The summed E-state index contributed by atoms with van der Waals surface area (Å²) in [7, 11) is -2.13. The maximum absolute atomic E-state index is 13.9. The van der Waals surface area contributed by atoms with E-state index in [1.54, 1.807) is 24.3 Å². The minimum absolute atomic E-state index is 0.0497. The number of hydrogen-bond acceptors (Lipinski definition) is 7. The van der Waals surface area contributed by atoms with Crippen molar-refractivity contribution in [1.29, 1.82) is 0 Å². The highest BCUT2D eigenvalue weighted by molar-refractivity contribution is 7.89. The van der Waals surface area contributed by atoms with Crippen molar-refractivity contribution < 1.29 is 23.1 Å². The molecule has 2 unspecified atom stereocenters. The van der Waals surface area contributed by atoms with Crippen LogP contribution in [0.4, 0.5) is 0 Å². The average molecular weight is 629 g/mol. The van der Waals surface area contributed by atoms with Crippen LogP contribution in [0.15, 0.2) is 29.2 Å². The molecule has 2 aromatic rings. The molecule has 2 aliphatic heterocycles. The molecule has 3 fully saturated rings. The summed E-state index contributed by atoms with van der Waals surface area (Å²) in [4.78, 5) is 32.1. The van der Waals surface area contributed by atoms with Gasteiger partial charge in [-0.05, 0) is 83.2 Å². The van der Waals surface area contributed by atoms with Gasteiger partial charge in [-0.15, -0.1) is 0 Å². The minimum atomic E-state index is -3.52. The number of amides is 2. The van der Waals surface area contributed by atoms with Crippen LogP contribution in [0.1, 0.15) is 81.7 Å². The van der Waals surface area contributed by atoms with Gasteiger partial charge in [-0.1, -0.05) is 32.6 Å². The first-order chi connectivity index (χ1) is 21.0. The number of likely N-dealkylation sites (tertiary alicyclic amines) is 1. The minimum Gasteiger partial charge on any atom is -0.390 e. The Morgan fingerprint density at radius 1 is 1.09 bits per heavy atom. The number of benzene rings is 1. The summed E-state index contributed by atoms with van der Waals surface area (Å²) in [6, 6.07) is 5.77. The average Bonchev–Trinajstić information content (AvgIpc) is 3.32. The molecule has 1 saturated carbocycles. The van der Waals surface area contributed by atoms with E-state index in [-0.39, 0.29) is 22.6 Å². The topological polar surface area (TPSA) is 137 Å². The molecule has 3 heterocycles. The number of carbonyl (C=O) groups excluding carboxylic acids is 2. The molecular formula is C32H48N6O5S. The third-order valence-corrected chi connectivity index (χ3v) is 11.6. The first-order valence-electron chi connectivity index (χ1n) is 16.1. The summed E-state index contributed by atoms with van der Waals surface area (Å²) in [5.41, 5.74) is 2.84. The Balaban J connectivity index is 1.29. The summed E-state index contributed by atoms with van der Waals surface area (Å²) in [6.07, 6.45) is 7.02. The molecule has 11 nitrogen and oxygen atoms in total. The highest BCUT2D eigenvalue weighted by Gasteiger charge is 2.55. The maximum Gasteiger partial charge on any atom is 0.248 e. The lowest BCUT2D eigenvalue weighted by Crippen LogP contribution is -2.75. The first-order valence-corrected chi connectivity index (χ1v) is 17.6. The lowest BCUT2D eigenvalue weighted by Gasteiger charge is -2.52. The molecule has 242 valence electrons. The van der Waals surface area contributed by atoms with Gasteiger partial charge >= 0.3 is 0 Å². The van der Waals surface area contributed by atoms with Gasteiger partial charge in [0.2, 0.25) is 21.8 Å². The van der Waals surface area contributed by atoms with Gasteiger partial charge in [0.25, 0.3) is 0 Å². The van der Waals surface area contributed by atoms with Crippen molar-refractivity contribution in [2.75, 3.05) is 26.7 Å². The lowest BCUT2D eigenvalue weighted by molar-refractivity contribution is -0.166. The largest absolute Gasteiger partial charge is 0.390 e. The standard InChI is InChI=1S/C32H48N6O5S/c1-5-6-18-37-30(40)28(29(39)24-10-8-7-9-11-24)34-31(41)32(37)16-19-36(20-17-32)21-27-22(2)35-38(23(27)3)25-12-14-26(15-13-25)44(42,43)33-4/h12-15,24,28-29,33,39H,5-11,16-21H2,1-4H3,(H,34,41). The number of unbranched alkanes of at least 4 members (excludes halogenated alkanes) is 1.